The molecule has 5 nitrogen and oxygen atoms in total. The fourth-order valence-electron chi connectivity index (χ4n) is 1.46. The van der Waals surface area contributed by atoms with Crippen LogP contribution in [0.4, 0.5) is 11.5 Å². The molecule has 1 amide bonds. The van der Waals surface area contributed by atoms with Gasteiger partial charge in [-0.15, -0.1) is 0 Å². The topological polar surface area (TPSA) is 80.0 Å². The van der Waals surface area contributed by atoms with Crippen LogP contribution in [0.3, 0.4) is 0 Å². The highest BCUT2D eigenvalue weighted by Gasteiger charge is 2.11. The molecule has 20 heavy (non-hydrogen) atoms. The van der Waals surface area contributed by atoms with Crippen molar-refractivity contribution in [2.24, 2.45) is 5.84 Å². The van der Waals surface area contributed by atoms with Crippen molar-refractivity contribution in [2.75, 3.05) is 10.7 Å². The maximum atomic E-state index is 12.1. The number of amides is 1. The number of nitrogen functional groups attached to an aromatic ring is 1. The van der Waals surface area contributed by atoms with E-state index in [2.05, 4.69) is 47.6 Å². The Balaban J connectivity index is 2.24. The van der Waals surface area contributed by atoms with Gasteiger partial charge in [-0.25, -0.2) is 10.8 Å². The second-order valence-corrected chi connectivity index (χ2v) is 5.95. The molecule has 1 heterocycles. The van der Waals surface area contributed by atoms with Gasteiger partial charge in [0, 0.05) is 15.1 Å². The molecule has 0 fully saturated rings. The summed E-state index contributed by atoms with van der Waals surface area (Å²) in [5.74, 6) is 5.22. The van der Waals surface area contributed by atoms with Crippen molar-refractivity contribution in [3.8, 4) is 0 Å². The SMILES string of the molecule is NNc1ncc(C(=O)Nc2cc(Br)ccc2Br)cc1Cl. The molecular weight excluding hydrogens is 411 g/mol. The van der Waals surface area contributed by atoms with Crippen LogP contribution in [-0.4, -0.2) is 10.9 Å². The minimum absolute atomic E-state index is 0.272. The summed E-state index contributed by atoms with van der Waals surface area (Å²) in [5.41, 5.74) is 3.31. The van der Waals surface area contributed by atoms with E-state index >= 15 is 0 Å². The molecule has 1 aromatic carbocycles. The number of nitrogens with zero attached hydrogens (tertiary/aromatic N) is 1. The van der Waals surface area contributed by atoms with E-state index in [-0.39, 0.29) is 10.9 Å². The molecule has 0 saturated carbocycles. The summed E-state index contributed by atoms with van der Waals surface area (Å²) in [4.78, 5) is 16.1. The van der Waals surface area contributed by atoms with Crippen LogP contribution in [-0.2, 0) is 0 Å². The molecule has 104 valence electrons. The molecule has 0 saturated heterocycles. The average Bonchev–Trinajstić information content (AvgIpc) is 2.42. The molecule has 4 N–H and O–H groups in total. The number of anilines is 2. The maximum absolute atomic E-state index is 12.1. The number of pyridine rings is 1. The monoisotopic (exact) mass is 418 g/mol. The molecule has 0 bridgehead atoms. The van der Waals surface area contributed by atoms with Crippen LogP contribution >= 0.6 is 43.5 Å². The Bertz CT molecular complexity index is 666. The molecule has 2 aromatic rings. The largest absolute Gasteiger partial charge is 0.321 e. The first-order valence-electron chi connectivity index (χ1n) is 5.40. The normalized spacial score (nSPS) is 10.2. The standard InChI is InChI=1S/C12H9Br2ClN4O/c13-7-1-2-8(14)10(4-7)18-12(20)6-3-9(15)11(19-16)17-5-6/h1-5H,16H2,(H,17,19)(H,18,20). The van der Waals surface area contributed by atoms with Gasteiger partial charge < -0.3 is 10.7 Å². The van der Waals surface area contributed by atoms with Crippen molar-refractivity contribution in [1.29, 1.82) is 0 Å². The van der Waals surface area contributed by atoms with E-state index in [0.717, 1.165) is 8.95 Å². The van der Waals surface area contributed by atoms with Crippen LogP contribution in [0.1, 0.15) is 10.4 Å². The third-order valence-electron chi connectivity index (χ3n) is 2.42. The minimum atomic E-state index is -0.318. The van der Waals surface area contributed by atoms with Gasteiger partial charge in [-0.3, -0.25) is 4.79 Å². The van der Waals surface area contributed by atoms with Gasteiger partial charge in [0.25, 0.3) is 5.91 Å². The molecule has 0 aliphatic rings. The lowest BCUT2D eigenvalue weighted by Crippen LogP contribution is -2.14. The highest BCUT2D eigenvalue weighted by atomic mass is 79.9. The number of carbonyl (C=O) groups excluding carboxylic acids is 1. The Hall–Kier alpha value is -1.15. The maximum Gasteiger partial charge on any atom is 0.257 e. The summed E-state index contributed by atoms with van der Waals surface area (Å²) in [6.45, 7) is 0. The lowest BCUT2D eigenvalue weighted by Gasteiger charge is -2.09. The van der Waals surface area contributed by atoms with Crippen molar-refractivity contribution in [1.82, 2.24) is 4.98 Å². The molecule has 0 aliphatic carbocycles. The van der Waals surface area contributed by atoms with Crippen LogP contribution in [0.15, 0.2) is 39.4 Å². The number of carbonyl (C=O) groups is 1. The summed E-state index contributed by atoms with van der Waals surface area (Å²) in [5, 5.41) is 3.04. The zero-order chi connectivity index (χ0) is 14.7. The van der Waals surface area contributed by atoms with E-state index < -0.39 is 0 Å². The third-order valence-corrected chi connectivity index (χ3v) is 3.89. The van der Waals surface area contributed by atoms with Gasteiger partial charge in [-0.2, -0.15) is 0 Å². The molecule has 0 atom stereocenters. The van der Waals surface area contributed by atoms with Crippen LogP contribution in [0.25, 0.3) is 0 Å². The summed E-state index contributed by atoms with van der Waals surface area (Å²) in [7, 11) is 0. The minimum Gasteiger partial charge on any atom is -0.321 e. The lowest BCUT2D eigenvalue weighted by molar-refractivity contribution is 0.102. The van der Waals surface area contributed by atoms with E-state index in [1.54, 1.807) is 6.07 Å². The average molecular weight is 420 g/mol. The van der Waals surface area contributed by atoms with Crippen LogP contribution < -0.4 is 16.6 Å². The van der Waals surface area contributed by atoms with E-state index in [1.165, 1.54) is 12.3 Å². The Kier molecular flexibility index (Phi) is 4.98. The van der Waals surface area contributed by atoms with Gasteiger partial charge in [-0.1, -0.05) is 27.5 Å². The van der Waals surface area contributed by atoms with Crippen molar-refractivity contribution in [3.63, 3.8) is 0 Å². The lowest BCUT2D eigenvalue weighted by atomic mass is 10.2. The number of benzene rings is 1. The van der Waals surface area contributed by atoms with Gasteiger partial charge >= 0.3 is 0 Å². The number of hydrazine groups is 1. The van der Waals surface area contributed by atoms with Crippen molar-refractivity contribution in [3.05, 3.63) is 50.0 Å². The van der Waals surface area contributed by atoms with Crippen LogP contribution in [0.5, 0.6) is 0 Å². The van der Waals surface area contributed by atoms with Gasteiger partial charge in [0.15, 0.2) is 5.82 Å². The molecule has 2 rings (SSSR count). The molecular formula is C12H9Br2ClN4O. The summed E-state index contributed by atoms with van der Waals surface area (Å²) >= 11 is 12.6. The second-order valence-electron chi connectivity index (χ2n) is 3.78. The zero-order valence-electron chi connectivity index (χ0n) is 9.95. The Morgan fingerprint density at radius 2 is 2.05 bits per heavy atom. The van der Waals surface area contributed by atoms with Crippen molar-refractivity contribution in [2.45, 2.75) is 0 Å². The first kappa shape index (κ1) is 15.2. The predicted molar refractivity (Wildman–Crippen MR) is 86.9 cm³/mol. The number of nitrogens with two attached hydrogens (primary N) is 1. The smallest absolute Gasteiger partial charge is 0.257 e. The third kappa shape index (κ3) is 3.49. The highest BCUT2D eigenvalue weighted by Crippen LogP contribution is 2.27. The molecule has 1 aromatic heterocycles. The fourth-order valence-corrected chi connectivity index (χ4v) is 2.38. The van der Waals surface area contributed by atoms with Gasteiger partial charge in [0.05, 0.1) is 16.3 Å². The Labute approximate surface area is 137 Å². The fraction of sp³-hybridized carbons (Fsp3) is 0. The van der Waals surface area contributed by atoms with Gasteiger partial charge in [0.2, 0.25) is 0 Å². The van der Waals surface area contributed by atoms with Crippen molar-refractivity contribution < 1.29 is 4.79 Å². The summed E-state index contributed by atoms with van der Waals surface area (Å²) in [6, 6.07) is 6.96. The Morgan fingerprint density at radius 3 is 2.70 bits per heavy atom. The number of halogens is 3. The number of nitrogens with one attached hydrogen (secondary N) is 2. The summed E-state index contributed by atoms with van der Waals surface area (Å²) < 4.78 is 1.63. The number of rotatable bonds is 3. The molecule has 0 radical (unpaired) electrons. The first-order valence-corrected chi connectivity index (χ1v) is 7.36. The molecule has 0 aliphatic heterocycles. The van der Waals surface area contributed by atoms with E-state index in [1.807, 2.05) is 12.1 Å². The molecule has 8 heteroatoms. The van der Waals surface area contributed by atoms with Crippen LogP contribution in [0, 0.1) is 0 Å². The van der Waals surface area contributed by atoms with E-state index in [9.17, 15) is 4.79 Å². The number of hydrogen-bond donors (Lipinski definition) is 3. The van der Waals surface area contributed by atoms with E-state index in [0.29, 0.717) is 17.1 Å². The molecule has 0 spiro atoms. The van der Waals surface area contributed by atoms with Crippen molar-refractivity contribution >= 4 is 60.9 Å². The summed E-state index contributed by atoms with van der Waals surface area (Å²) in [6.07, 6.45) is 1.39. The van der Waals surface area contributed by atoms with E-state index in [4.69, 9.17) is 17.4 Å². The van der Waals surface area contributed by atoms with Gasteiger partial charge in [0.1, 0.15) is 0 Å². The van der Waals surface area contributed by atoms with Gasteiger partial charge in [-0.05, 0) is 40.2 Å². The predicted octanol–water partition coefficient (Wildman–Crippen LogP) is 3.80. The first-order chi connectivity index (χ1) is 9.51. The number of aromatic nitrogens is 1. The molecule has 0 unspecified atom stereocenters. The highest BCUT2D eigenvalue weighted by molar-refractivity contribution is 9.11. The number of hydrogen-bond acceptors (Lipinski definition) is 4. The second kappa shape index (κ2) is 6.53. The van der Waals surface area contributed by atoms with Crippen LogP contribution in [0.2, 0.25) is 5.02 Å². The zero-order valence-corrected chi connectivity index (χ0v) is 13.9. The quantitative estimate of drug-likeness (QED) is 0.521. The Morgan fingerprint density at radius 1 is 1.30 bits per heavy atom.